The van der Waals surface area contributed by atoms with E-state index in [4.69, 9.17) is 9.47 Å². The largest absolute Gasteiger partial charge is 0.493 e. The van der Waals surface area contributed by atoms with Crippen LogP contribution in [0.2, 0.25) is 0 Å². The minimum absolute atomic E-state index is 0.0340. The molecule has 0 aromatic heterocycles. The molecule has 29 heavy (non-hydrogen) atoms. The summed E-state index contributed by atoms with van der Waals surface area (Å²) in [5.41, 5.74) is 3.37. The summed E-state index contributed by atoms with van der Waals surface area (Å²) >= 11 is 0. The number of hydrogen-bond acceptors (Lipinski definition) is 5. The monoisotopic (exact) mass is 413 g/mol. The number of piperazine rings is 1. The Morgan fingerprint density at radius 2 is 1.97 bits per heavy atom. The predicted octanol–water partition coefficient (Wildman–Crippen LogP) is 2.99. The average molecular weight is 413 g/mol. The number of methoxy groups -OCH3 is 2. The summed E-state index contributed by atoms with van der Waals surface area (Å²) in [4.78, 5) is 17.3. The van der Waals surface area contributed by atoms with Gasteiger partial charge >= 0.3 is 0 Å². The molecule has 1 aromatic carbocycles. The van der Waals surface area contributed by atoms with Crippen LogP contribution in [0.1, 0.15) is 19.4 Å². The summed E-state index contributed by atoms with van der Waals surface area (Å²) in [6.45, 7) is 7.21. The van der Waals surface area contributed by atoms with E-state index in [1.54, 1.807) is 20.3 Å². The lowest BCUT2D eigenvalue weighted by Crippen LogP contribution is -2.49. The van der Waals surface area contributed by atoms with Crippen LogP contribution >= 0.6 is 8.58 Å². The van der Waals surface area contributed by atoms with Gasteiger partial charge in [-0.15, -0.1) is 0 Å². The molecule has 1 saturated heterocycles. The lowest BCUT2D eigenvalue weighted by atomic mass is 10.1. The highest BCUT2D eigenvalue weighted by molar-refractivity contribution is 7.51. The first-order valence-corrected chi connectivity index (χ1v) is 11.0. The standard InChI is InChI=1S/C22H28N3O3P/c1-14-9-17(24-8-7-23-15(2)12-24)13-25-21(26)11-20(29-22(14)25)16-5-6-18(27-3)19(10-16)28-4/h5-6,9-11,13,15,22-23,29H,7-8,12H2,1-4H3/t15-,22?/m0/s1. The maximum absolute atomic E-state index is 13.0. The molecule has 0 saturated carbocycles. The van der Waals surface area contributed by atoms with Crippen LogP contribution in [0, 0.1) is 0 Å². The van der Waals surface area contributed by atoms with Gasteiger partial charge in [0.25, 0.3) is 5.91 Å². The molecule has 1 N–H and O–H groups in total. The lowest BCUT2D eigenvalue weighted by Gasteiger charge is -2.41. The van der Waals surface area contributed by atoms with Crippen molar-refractivity contribution in [3.63, 3.8) is 0 Å². The molecule has 1 amide bonds. The molecule has 4 rings (SSSR count). The highest BCUT2D eigenvalue weighted by Gasteiger charge is 2.33. The van der Waals surface area contributed by atoms with Crippen LogP contribution < -0.4 is 14.8 Å². The Kier molecular flexibility index (Phi) is 5.66. The third kappa shape index (κ3) is 3.92. The number of benzene rings is 1. The normalized spacial score (nSPS) is 25.2. The van der Waals surface area contributed by atoms with Crippen molar-refractivity contribution in [3.05, 3.63) is 53.4 Å². The second kappa shape index (κ2) is 8.21. The summed E-state index contributed by atoms with van der Waals surface area (Å²) in [5.74, 6) is 1.48. The second-order valence-electron chi connectivity index (χ2n) is 7.66. The van der Waals surface area contributed by atoms with Gasteiger partial charge in [0.15, 0.2) is 11.5 Å². The molecule has 0 bridgehead atoms. The summed E-state index contributed by atoms with van der Waals surface area (Å²) in [7, 11) is 3.73. The molecule has 3 aliphatic rings. The molecule has 7 heteroatoms. The molecule has 3 heterocycles. The first-order chi connectivity index (χ1) is 14.0. The smallest absolute Gasteiger partial charge is 0.252 e. The van der Waals surface area contributed by atoms with Crippen LogP contribution in [0.4, 0.5) is 0 Å². The molecule has 2 unspecified atom stereocenters. The summed E-state index contributed by atoms with van der Waals surface area (Å²) in [5, 5.41) is 4.52. The van der Waals surface area contributed by atoms with E-state index in [0.717, 1.165) is 36.2 Å². The summed E-state index contributed by atoms with van der Waals surface area (Å²) in [6.07, 6.45) is 6.05. The zero-order valence-electron chi connectivity index (χ0n) is 17.4. The molecule has 1 fully saturated rings. The lowest BCUT2D eigenvalue weighted by molar-refractivity contribution is -0.124. The van der Waals surface area contributed by atoms with Crippen molar-refractivity contribution < 1.29 is 14.3 Å². The van der Waals surface area contributed by atoms with Crippen LogP contribution in [-0.2, 0) is 4.79 Å². The average Bonchev–Trinajstić information content (AvgIpc) is 2.73. The fourth-order valence-electron chi connectivity index (χ4n) is 4.06. The van der Waals surface area contributed by atoms with Crippen LogP contribution in [0.5, 0.6) is 11.5 Å². The third-order valence-electron chi connectivity index (χ3n) is 5.60. The SMILES string of the molecule is COc1ccc(C2=CC(=O)N3C=C(N4CCN[C@@H](C)C4)C=C(C)C3P2)cc1OC. The van der Waals surface area contributed by atoms with Crippen LogP contribution in [0.15, 0.2) is 47.8 Å². The minimum Gasteiger partial charge on any atom is -0.493 e. The number of allylic oxidation sites excluding steroid dienone is 1. The van der Waals surface area contributed by atoms with Crippen molar-refractivity contribution in [1.82, 2.24) is 15.1 Å². The Labute approximate surface area is 174 Å². The number of hydrogen-bond donors (Lipinski definition) is 1. The molecule has 6 nitrogen and oxygen atoms in total. The molecular weight excluding hydrogens is 385 g/mol. The van der Waals surface area contributed by atoms with E-state index >= 15 is 0 Å². The fourth-order valence-corrected chi connectivity index (χ4v) is 5.53. The highest BCUT2D eigenvalue weighted by Crippen LogP contribution is 2.48. The van der Waals surface area contributed by atoms with Crippen LogP contribution in [-0.4, -0.2) is 61.4 Å². The highest BCUT2D eigenvalue weighted by atomic mass is 31.1. The van der Waals surface area contributed by atoms with Gasteiger partial charge in [-0.05, 0) is 48.5 Å². The second-order valence-corrected chi connectivity index (χ2v) is 9.04. The van der Waals surface area contributed by atoms with E-state index in [-0.39, 0.29) is 11.7 Å². The fraction of sp³-hybridized carbons (Fsp3) is 0.409. The maximum Gasteiger partial charge on any atom is 0.252 e. The molecule has 0 aliphatic carbocycles. The van der Waals surface area contributed by atoms with E-state index < -0.39 is 0 Å². The Bertz CT molecular complexity index is 909. The molecule has 0 spiro atoms. The topological polar surface area (TPSA) is 54.0 Å². The van der Waals surface area contributed by atoms with E-state index in [0.29, 0.717) is 26.1 Å². The van der Waals surface area contributed by atoms with Crippen LogP contribution in [0.3, 0.4) is 0 Å². The van der Waals surface area contributed by atoms with Gasteiger partial charge in [-0.1, -0.05) is 14.6 Å². The molecule has 3 aliphatic heterocycles. The van der Waals surface area contributed by atoms with Gasteiger partial charge < -0.3 is 24.6 Å². The first-order valence-electron chi connectivity index (χ1n) is 9.91. The number of carbonyl (C=O) groups is 1. The van der Waals surface area contributed by atoms with Gasteiger partial charge in [0.2, 0.25) is 0 Å². The number of ether oxygens (including phenoxy) is 2. The molecule has 154 valence electrons. The number of amides is 1. The Hall–Kier alpha value is -2.30. The van der Waals surface area contributed by atoms with E-state index in [9.17, 15) is 4.79 Å². The predicted molar refractivity (Wildman–Crippen MR) is 117 cm³/mol. The molecular formula is C22H28N3O3P. The quantitative estimate of drug-likeness (QED) is 0.770. The zero-order chi connectivity index (χ0) is 20.5. The van der Waals surface area contributed by atoms with Crippen molar-refractivity contribution in [3.8, 4) is 11.5 Å². The van der Waals surface area contributed by atoms with Gasteiger partial charge in [-0.25, -0.2) is 0 Å². The van der Waals surface area contributed by atoms with Gasteiger partial charge in [0, 0.05) is 38.0 Å². The summed E-state index contributed by atoms with van der Waals surface area (Å²) in [6, 6.07) is 6.29. The number of carbonyl (C=O) groups excluding carboxylic acids is 1. The van der Waals surface area contributed by atoms with E-state index in [1.165, 1.54) is 5.57 Å². The van der Waals surface area contributed by atoms with Gasteiger partial charge in [0.05, 0.1) is 25.7 Å². The van der Waals surface area contributed by atoms with Crippen molar-refractivity contribution in [1.29, 1.82) is 0 Å². The molecule has 3 atom stereocenters. The van der Waals surface area contributed by atoms with E-state index in [1.807, 2.05) is 29.3 Å². The number of nitrogens with zero attached hydrogens (tertiary/aromatic N) is 2. The van der Waals surface area contributed by atoms with Crippen LogP contribution in [0.25, 0.3) is 5.31 Å². The first kappa shape index (κ1) is 20.0. The minimum atomic E-state index is 0.0340. The van der Waals surface area contributed by atoms with Gasteiger partial charge in [-0.3, -0.25) is 4.79 Å². The Balaban J connectivity index is 1.61. The Morgan fingerprint density at radius 1 is 1.17 bits per heavy atom. The number of fused-ring (bicyclic) bond motifs is 1. The van der Waals surface area contributed by atoms with Crippen molar-refractivity contribution in [2.75, 3.05) is 33.9 Å². The van der Waals surface area contributed by atoms with Crippen molar-refractivity contribution in [2.45, 2.75) is 25.7 Å². The maximum atomic E-state index is 13.0. The zero-order valence-corrected chi connectivity index (χ0v) is 18.4. The third-order valence-corrected chi connectivity index (χ3v) is 7.35. The van der Waals surface area contributed by atoms with E-state index in [2.05, 4.69) is 30.1 Å². The molecule has 1 aromatic rings. The van der Waals surface area contributed by atoms with Crippen molar-refractivity contribution >= 4 is 19.8 Å². The van der Waals surface area contributed by atoms with Gasteiger partial charge in [-0.2, -0.15) is 0 Å². The number of nitrogens with one attached hydrogen (secondary N) is 1. The number of rotatable bonds is 4. The van der Waals surface area contributed by atoms with Crippen molar-refractivity contribution in [2.24, 2.45) is 0 Å². The summed E-state index contributed by atoms with van der Waals surface area (Å²) < 4.78 is 10.8. The molecule has 0 radical (unpaired) electrons. The Morgan fingerprint density at radius 3 is 2.69 bits per heavy atom. The van der Waals surface area contributed by atoms with Gasteiger partial charge in [0.1, 0.15) is 0 Å².